The molecule has 0 saturated carbocycles. The van der Waals surface area contributed by atoms with Gasteiger partial charge in [-0.1, -0.05) is 57.5 Å². The quantitative estimate of drug-likeness (QED) is 0.804. The van der Waals surface area contributed by atoms with Gasteiger partial charge in [-0.15, -0.1) is 0 Å². The molecule has 0 aliphatic carbocycles. The van der Waals surface area contributed by atoms with Gasteiger partial charge in [0.25, 0.3) is 0 Å². The minimum atomic E-state index is 0.516. The fourth-order valence-electron chi connectivity index (χ4n) is 1.90. The van der Waals surface area contributed by atoms with Crippen molar-refractivity contribution in [1.82, 2.24) is 5.32 Å². The van der Waals surface area contributed by atoms with Crippen LogP contribution in [0, 0.1) is 5.92 Å². The van der Waals surface area contributed by atoms with Crippen LogP contribution in [0.5, 0.6) is 0 Å². The molecule has 0 heterocycles. The summed E-state index contributed by atoms with van der Waals surface area (Å²) in [6.07, 6.45) is 2.29. The number of rotatable bonds is 7. The molecule has 2 heteroatoms. The molecule has 0 aliphatic heterocycles. The smallest absolute Gasteiger partial charge is 0.0713 e. The highest BCUT2D eigenvalue weighted by molar-refractivity contribution is 5.54. The Balaban J connectivity index is 2.85. The summed E-state index contributed by atoms with van der Waals surface area (Å²) in [7, 11) is 1.73. The zero-order valence-corrected chi connectivity index (χ0v) is 12.9. The summed E-state index contributed by atoms with van der Waals surface area (Å²) in [6.45, 7) is 10.5. The summed E-state index contributed by atoms with van der Waals surface area (Å²) in [5.41, 5.74) is 3.91. The van der Waals surface area contributed by atoms with Gasteiger partial charge >= 0.3 is 0 Å². The van der Waals surface area contributed by atoms with Gasteiger partial charge in [-0.3, -0.25) is 0 Å². The molecule has 0 aromatic heterocycles. The number of hydrogen-bond acceptors (Lipinski definition) is 2. The molecular formula is C17H27NO. The second-order valence-corrected chi connectivity index (χ2v) is 5.59. The summed E-state index contributed by atoms with van der Waals surface area (Å²) in [5.74, 6) is 0.553. The highest BCUT2D eigenvalue weighted by atomic mass is 16.5. The van der Waals surface area contributed by atoms with Gasteiger partial charge < -0.3 is 10.1 Å². The molecule has 0 radical (unpaired) electrons. The maximum absolute atomic E-state index is 5.18. The lowest BCUT2D eigenvalue weighted by molar-refractivity contribution is 0.185. The maximum Gasteiger partial charge on any atom is 0.0713 e. The van der Waals surface area contributed by atoms with Crippen molar-refractivity contribution in [2.24, 2.45) is 5.92 Å². The summed E-state index contributed by atoms with van der Waals surface area (Å²) in [4.78, 5) is 0. The van der Waals surface area contributed by atoms with Crippen molar-refractivity contribution < 1.29 is 4.74 Å². The van der Waals surface area contributed by atoms with Crippen molar-refractivity contribution in [3.63, 3.8) is 0 Å². The van der Waals surface area contributed by atoms with E-state index in [0.29, 0.717) is 18.6 Å². The van der Waals surface area contributed by atoms with Gasteiger partial charge in [0.15, 0.2) is 0 Å². The summed E-state index contributed by atoms with van der Waals surface area (Å²) >= 11 is 0. The molecule has 1 aromatic carbocycles. The average molecular weight is 261 g/mol. The SMILES string of the molecule is COCc1cccc(C=C(CNC(C)C)C(C)C)c1. The second-order valence-electron chi connectivity index (χ2n) is 5.59. The van der Waals surface area contributed by atoms with E-state index in [1.54, 1.807) is 7.11 Å². The number of ether oxygens (including phenoxy) is 1. The molecule has 0 spiro atoms. The molecule has 0 aliphatic rings. The van der Waals surface area contributed by atoms with Crippen LogP contribution in [0.3, 0.4) is 0 Å². The third kappa shape index (κ3) is 6.04. The first-order valence-corrected chi connectivity index (χ1v) is 7.04. The van der Waals surface area contributed by atoms with Crippen molar-refractivity contribution in [1.29, 1.82) is 0 Å². The van der Waals surface area contributed by atoms with Crippen molar-refractivity contribution in [3.05, 3.63) is 41.0 Å². The Morgan fingerprint density at radius 2 is 2.00 bits per heavy atom. The van der Waals surface area contributed by atoms with Gasteiger partial charge in [0.2, 0.25) is 0 Å². The predicted octanol–water partition coefficient (Wildman–Crippen LogP) is 3.87. The van der Waals surface area contributed by atoms with Gasteiger partial charge in [0, 0.05) is 19.7 Å². The summed E-state index contributed by atoms with van der Waals surface area (Å²) in [5, 5.41) is 3.49. The molecule has 0 atom stereocenters. The van der Waals surface area contributed by atoms with E-state index in [2.05, 4.69) is 63.4 Å². The first kappa shape index (κ1) is 15.9. The molecule has 1 rings (SSSR count). The van der Waals surface area contributed by atoms with E-state index in [0.717, 1.165) is 6.54 Å². The Morgan fingerprint density at radius 3 is 2.58 bits per heavy atom. The normalized spacial score (nSPS) is 12.5. The van der Waals surface area contributed by atoms with Crippen molar-refractivity contribution in [2.75, 3.05) is 13.7 Å². The molecule has 19 heavy (non-hydrogen) atoms. The number of nitrogens with one attached hydrogen (secondary N) is 1. The van der Waals surface area contributed by atoms with Crippen molar-refractivity contribution in [3.8, 4) is 0 Å². The Kier molecular flexibility index (Phi) is 6.82. The highest BCUT2D eigenvalue weighted by Gasteiger charge is 2.05. The minimum Gasteiger partial charge on any atom is -0.380 e. The zero-order chi connectivity index (χ0) is 14.3. The number of hydrogen-bond donors (Lipinski definition) is 1. The van der Waals surface area contributed by atoms with E-state index >= 15 is 0 Å². The Labute approximate surface area is 117 Å². The van der Waals surface area contributed by atoms with Gasteiger partial charge in [0.05, 0.1) is 6.61 Å². The summed E-state index contributed by atoms with van der Waals surface area (Å²) < 4.78 is 5.18. The minimum absolute atomic E-state index is 0.516. The Morgan fingerprint density at radius 1 is 1.26 bits per heavy atom. The Hall–Kier alpha value is -1.12. The number of benzene rings is 1. The molecule has 0 amide bonds. The molecule has 0 unspecified atom stereocenters. The maximum atomic E-state index is 5.18. The van der Waals surface area contributed by atoms with E-state index in [1.165, 1.54) is 16.7 Å². The molecule has 0 bridgehead atoms. The first-order chi connectivity index (χ1) is 9.02. The van der Waals surface area contributed by atoms with Crippen LogP contribution in [0.25, 0.3) is 6.08 Å². The van der Waals surface area contributed by atoms with Crippen molar-refractivity contribution in [2.45, 2.75) is 40.3 Å². The van der Waals surface area contributed by atoms with Gasteiger partial charge in [-0.25, -0.2) is 0 Å². The molecular weight excluding hydrogens is 234 g/mol. The lowest BCUT2D eigenvalue weighted by Crippen LogP contribution is -2.26. The monoisotopic (exact) mass is 261 g/mol. The standard InChI is InChI=1S/C17H27NO/c1-13(2)17(11-18-14(3)4)10-15-7-6-8-16(9-15)12-19-5/h6-10,13-14,18H,11-12H2,1-5H3. The first-order valence-electron chi connectivity index (χ1n) is 7.04. The van der Waals surface area contributed by atoms with Gasteiger partial charge in [-0.05, 0) is 23.1 Å². The zero-order valence-electron chi connectivity index (χ0n) is 12.9. The highest BCUT2D eigenvalue weighted by Crippen LogP contribution is 2.16. The third-order valence-electron chi connectivity index (χ3n) is 3.07. The topological polar surface area (TPSA) is 21.3 Å². The van der Waals surface area contributed by atoms with Crippen LogP contribution in [0.15, 0.2) is 29.8 Å². The fourth-order valence-corrected chi connectivity index (χ4v) is 1.90. The van der Waals surface area contributed by atoms with E-state index < -0.39 is 0 Å². The lowest BCUT2D eigenvalue weighted by atomic mass is 9.99. The van der Waals surface area contributed by atoms with E-state index in [4.69, 9.17) is 4.74 Å². The molecule has 2 nitrogen and oxygen atoms in total. The number of methoxy groups -OCH3 is 1. The van der Waals surface area contributed by atoms with Crippen LogP contribution in [0.4, 0.5) is 0 Å². The third-order valence-corrected chi connectivity index (χ3v) is 3.07. The van der Waals surface area contributed by atoms with Gasteiger partial charge in [-0.2, -0.15) is 0 Å². The van der Waals surface area contributed by atoms with Crippen LogP contribution in [-0.4, -0.2) is 19.7 Å². The van der Waals surface area contributed by atoms with Crippen LogP contribution < -0.4 is 5.32 Å². The molecule has 0 saturated heterocycles. The summed E-state index contributed by atoms with van der Waals surface area (Å²) in [6, 6.07) is 9.05. The molecule has 0 fully saturated rings. The van der Waals surface area contributed by atoms with Crippen LogP contribution in [0.1, 0.15) is 38.8 Å². The van der Waals surface area contributed by atoms with Crippen LogP contribution in [0.2, 0.25) is 0 Å². The van der Waals surface area contributed by atoms with Crippen LogP contribution >= 0.6 is 0 Å². The van der Waals surface area contributed by atoms with Crippen LogP contribution in [-0.2, 0) is 11.3 Å². The van der Waals surface area contributed by atoms with Gasteiger partial charge in [0.1, 0.15) is 0 Å². The van der Waals surface area contributed by atoms with Crippen molar-refractivity contribution >= 4 is 6.08 Å². The fraction of sp³-hybridized carbons (Fsp3) is 0.529. The van der Waals surface area contributed by atoms with E-state index in [1.807, 2.05) is 0 Å². The molecule has 106 valence electrons. The molecule has 1 N–H and O–H groups in total. The molecule has 1 aromatic rings. The Bertz CT molecular complexity index is 407. The average Bonchev–Trinajstić information content (AvgIpc) is 2.34. The van der Waals surface area contributed by atoms with E-state index in [9.17, 15) is 0 Å². The predicted molar refractivity (Wildman–Crippen MR) is 83.1 cm³/mol. The second kappa shape index (κ2) is 8.13. The lowest BCUT2D eigenvalue weighted by Gasteiger charge is -2.15. The van der Waals surface area contributed by atoms with E-state index in [-0.39, 0.29) is 0 Å². The largest absolute Gasteiger partial charge is 0.380 e.